The van der Waals surface area contributed by atoms with Crippen LogP contribution in [0.5, 0.6) is 0 Å². The Bertz CT molecular complexity index is 2120. The Morgan fingerprint density at radius 1 is 0.957 bits per heavy atom. The molecule has 46 heavy (non-hydrogen) atoms. The van der Waals surface area contributed by atoms with Gasteiger partial charge in [0.25, 0.3) is 26.1 Å². The zero-order valence-corrected chi connectivity index (χ0v) is 26.3. The zero-order chi connectivity index (χ0) is 33.2. The third-order valence-electron chi connectivity index (χ3n) is 6.62. The molecule has 3 N–H and O–H groups in total. The number of ether oxygens (including phenoxy) is 1. The lowest BCUT2D eigenvalue weighted by Gasteiger charge is -2.29. The molecule has 5 rings (SSSR count). The van der Waals surface area contributed by atoms with E-state index in [-0.39, 0.29) is 44.1 Å². The van der Waals surface area contributed by atoms with Gasteiger partial charge < -0.3 is 15.0 Å². The summed E-state index contributed by atoms with van der Waals surface area (Å²) in [6.45, 7) is 2.13. The number of amides is 1. The third-order valence-corrected chi connectivity index (χ3v) is 8.87. The fourth-order valence-corrected chi connectivity index (χ4v) is 6.23. The van der Waals surface area contributed by atoms with Gasteiger partial charge in [-0.25, -0.2) is 4.68 Å². The summed E-state index contributed by atoms with van der Waals surface area (Å²) in [7, 11) is -9.21. The van der Waals surface area contributed by atoms with Crippen LogP contribution in [0.3, 0.4) is 0 Å². The molecule has 0 bridgehead atoms. The summed E-state index contributed by atoms with van der Waals surface area (Å²) in [6, 6.07) is 13.5. The molecule has 1 aromatic heterocycles. The summed E-state index contributed by atoms with van der Waals surface area (Å²) in [5.74, 6) is -0.873. The van der Waals surface area contributed by atoms with Crippen molar-refractivity contribution in [3.63, 3.8) is 0 Å². The van der Waals surface area contributed by atoms with Gasteiger partial charge in [-0.15, -0.1) is 10.2 Å². The number of morpholine rings is 1. The van der Waals surface area contributed by atoms with Gasteiger partial charge in [-0.1, -0.05) is 29.3 Å². The van der Waals surface area contributed by atoms with Crippen LogP contribution in [0.1, 0.15) is 15.9 Å². The van der Waals surface area contributed by atoms with E-state index >= 15 is 0 Å². The number of halogens is 2. The first kappa shape index (κ1) is 33.0. The van der Waals surface area contributed by atoms with Gasteiger partial charge in [0.1, 0.15) is 23.0 Å². The van der Waals surface area contributed by atoms with Gasteiger partial charge in [-0.2, -0.15) is 27.2 Å². The highest BCUT2D eigenvalue weighted by atomic mass is 35.5. The van der Waals surface area contributed by atoms with Gasteiger partial charge in [0, 0.05) is 24.3 Å². The minimum Gasteiger partial charge on any atom is -0.378 e. The first-order valence-corrected chi connectivity index (χ1v) is 16.6. The summed E-state index contributed by atoms with van der Waals surface area (Å²) in [5, 5.41) is 24.5. The van der Waals surface area contributed by atoms with Crippen LogP contribution in [0.25, 0.3) is 5.69 Å². The molecule has 3 aromatic carbocycles. The van der Waals surface area contributed by atoms with Crippen molar-refractivity contribution in [1.82, 2.24) is 9.78 Å². The van der Waals surface area contributed by atoms with Crippen molar-refractivity contribution >= 4 is 72.2 Å². The van der Waals surface area contributed by atoms with Gasteiger partial charge >= 0.3 is 0 Å². The molecule has 1 amide bonds. The lowest BCUT2D eigenvalue weighted by molar-refractivity contribution is 0.102. The number of benzene rings is 3. The Balaban J connectivity index is 1.57. The van der Waals surface area contributed by atoms with E-state index in [9.17, 15) is 36.0 Å². The molecule has 4 aromatic rings. The molecule has 238 valence electrons. The van der Waals surface area contributed by atoms with Crippen LogP contribution in [0, 0.1) is 11.3 Å². The average molecular weight is 707 g/mol. The zero-order valence-electron chi connectivity index (χ0n) is 23.2. The largest absolute Gasteiger partial charge is 0.378 e. The molecule has 2 heterocycles. The second-order valence-electron chi connectivity index (χ2n) is 9.57. The molecule has 0 radical (unpaired) electrons. The smallest absolute Gasteiger partial charge is 0.294 e. The fourth-order valence-electron chi connectivity index (χ4n) is 4.40. The molecule has 15 nitrogen and oxygen atoms in total. The highest BCUT2D eigenvalue weighted by molar-refractivity contribution is 7.86. The number of carbonyl (C=O) groups is 1. The molecule has 1 fully saturated rings. The SMILES string of the molecule is N#Cc1cnn(-c2c(Cl)cc(S(=O)(=O)O)cc2Cl)c1N=Nc1ccc(N2CCOCC2)cc1NC(=O)c1cccc(S(=O)(=O)O)c1. The van der Waals surface area contributed by atoms with Crippen molar-refractivity contribution in [3.8, 4) is 11.8 Å². The van der Waals surface area contributed by atoms with Crippen LogP contribution < -0.4 is 10.2 Å². The maximum atomic E-state index is 13.2. The molecular formula is C27H21Cl2N7O8S2. The number of aromatic nitrogens is 2. The maximum absolute atomic E-state index is 13.2. The van der Waals surface area contributed by atoms with E-state index in [1.165, 1.54) is 12.1 Å². The van der Waals surface area contributed by atoms with E-state index in [0.29, 0.717) is 32.0 Å². The normalized spacial score (nSPS) is 13.9. The number of nitriles is 1. The van der Waals surface area contributed by atoms with Gasteiger partial charge in [0.05, 0.1) is 44.9 Å². The summed E-state index contributed by atoms with van der Waals surface area (Å²) in [6.07, 6.45) is 1.16. The number of azo groups is 1. The Labute approximate surface area is 272 Å². The van der Waals surface area contributed by atoms with E-state index in [1.807, 2.05) is 11.0 Å². The Kier molecular flexibility index (Phi) is 9.42. The highest BCUT2D eigenvalue weighted by Crippen LogP contribution is 2.37. The van der Waals surface area contributed by atoms with Crippen LogP contribution in [-0.4, -0.2) is 67.9 Å². The summed E-state index contributed by atoms with van der Waals surface area (Å²) in [5.41, 5.74) is 0.801. The lowest BCUT2D eigenvalue weighted by atomic mass is 10.1. The molecule has 19 heteroatoms. The first-order valence-electron chi connectivity index (χ1n) is 13.0. The van der Waals surface area contributed by atoms with E-state index in [2.05, 4.69) is 20.6 Å². The molecule has 1 aliphatic rings. The Hall–Kier alpha value is -4.41. The van der Waals surface area contributed by atoms with Crippen LogP contribution >= 0.6 is 23.2 Å². The van der Waals surface area contributed by atoms with E-state index in [0.717, 1.165) is 35.1 Å². The molecule has 0 saturated carbocycles. The Morgan fingerprint density at radius 2 is 1.63 bits per heavy atom. The third kappa shape index (κ3) is 7.18. The number of nitrogens with one attached hydrogen (secondary N) is 1. The van der Waals surface area contributed by atoms with Gasteiger partial charge in [-0.3, -0.25) is 13.9 Å². The van der Waals surface area contributed by atoms with Gasteiger partial charge in [0.15, 0.2) is 5.82 Å². The second kappa shape index (κ2) is 13.1. The standard InChI is InChI=1S/C27H21Cl2N7O8S2/c28-21-12-20(46(41,42)43)13-22(29)25(21)36-26(17(14-30)15-31-36)34-33-23-5-4-18(35-6-8-44-9-7-35)11-24(23)32-27(37)16-2-1-3-19(10-16)45(38,39)40/h1-5,10-13,15H,6-9H2,(H,32,37)(H,38,39,40)(H,41,42,43). The van der Waals surface area contributed by atoms with Crippen LogP contribution in [0.4, 0.5) is 22.9 Å². The topological polar surface area (TPSA) is 217 Å². The molecular weight excluding hydrogens is 685 g/mol. The van der Waals surface area contributed by atoms with Gasteiger partial charge in [0.2, 0.25) is 0 Å². The molecule has 0 unspecified atom stereocenters. The number of anilines is 2. The minimum atomic E-state index is -4.64. The monoisotopic (exact) mass is 705 g/mol. The average Bonchev–Trinajstić information content (AvgIpc) is 3.42. The van der Waals surface area contributed by atoms with Crippen LogP contribution in [0.2, 0.25) is 10.0 Å². The van der Waals surface area contributed by atoms with Crippen molar-refractivity contribution in [2.24, 2.45) is 10.2 Å². The number of hydrogen-bond acceptors (Lipinski definition) is 11. The maximum Gasteiger partial charge on any atom is 0.294 e. The fraction of sp³-hybridized carbons (Fsp3) is 0.148. The van der Waals surface area contributed by atoms with E-state index in [4.69, 9.17) is 27.9 Å². The van der Waals surface area contributed by atoms with E-state index in [1.54, 1.807) is 18.2 Å². The summed E-state index contributed by atoms with van der Waals surface area (Å²) in [4.78, 5) is 14.2. The van der Waals surface area contributed by atoms with Crippen molar-refractivity contribution in [2.45, 2.75) is 9.79 Å². The van der Waals surface area contributed by atoms with Crippen LogP contribution in [0.15, 0.2) is 80.8 Å². The molecule has 0 atom stereocenters. The lowest BCUT2D eigenvalue weighted by Crippen LogP contribution is -2.36. The van der Waals surface area contributed by atoms with Crippen molar-refractivity contribution < 1.29 is 35.5 Å². The number of rotatable bonds is 8. The summed E-state index contributed by atoms with van der Waals surface area (Å²) < 4.78 is 71.7. The Morgan fingerprint density at radius 3 is 2.26 bits per heavy atom. The van der Waals surface area contributed by atoms with Crippen molar-refractivity contribution in [2.75, 3.05) is 36.5 Å². The number of nitrogens with zero attached hydrogens (tertiary/aromatic N) is 6. The second-order valence-corrected chi connectivity index (χ2v) is 13.2. The van der Waals surface area contributed by atoms with Crippen LogP contribution in [-0.2, 0) is 25.0 Å². The number of carbonyl (C=O) groups excluding carboxylic acids is 1. The molecule has 0 spiro atoms. The predicted octanol–water partition coefficient (Wildman–Crippen LogP) is 5.05. The summed E-state index contributed by atoms with van der Waals surface area (Å²) >= 11 is 12.6. The van der Waals surface area contributed by atoms with E-state index < -0.39 is 35.9 Å². The first-order chi connectivity index (χ1) is 21.8. The molecule has 1 saturated heterocycles. The minimum absolute atomic E-state index is 0.0545. The predicted molar refractivity (Wildman–Crippen MR) is 166 cm³/mol. The van der Waals surface area contributed by atoms with Crippen molar-refractivity contribution in [1.29, 1.82) is 5.26 Å². The molecule has 0 aliphatic carbocycles. The highest BCUT2D eigenvalue weighted by Gasteiger charge is 2.22. The van der Waals surface area contributed by atoms with Gasteiger partial charge in [-0.05, 0) is 48.5 Å². The molecule has 1 aliphatic heterocycles. The number of hydrogen-bond donors (Lipinski definition) is 3. The quantitative estimate of drug-likeness (QED) is 0.163. The van der Waals surface area contributed by atoms with Crippen molar-refractivity contribution in [3.05, 3.63) is 82.0 Å².